The van der Waals surface area contributed by atoms with Crippen LogP contribution in [0.15, 0.2) is 72.9 Å². The van der Waals surface area contributed by atoms with Gasteiger partial charge in [0.1, 0.15) is 13.2 Å². The van der Waals surface area contributed by atoms with Crippen molar-refractivity contribution in [3.8, 4) is 0 Å². The van der Waals surface area contributed by atoms with Gasteiger partial charge in [0.2, 0.25) is 5.91 Å². The van der Waals surface area contributed by atoms with Crippen LogP contribution in [-0.2, 0) is 18.4 Å². The van der Waals surface area contributed by atoms with E-state index < -0.39 is 20.0 Å². The minimum atomic E-state index is -4.32. The molecule has 336 valence electrons. The third kappa shape index (κ3) is 42.1. The number of aliphatic hydroxyl groups is 1. The lowest BCUT2D eigenvalue weighted by molar-refractivity contribution is -0.870. The predicted octanol–water partition coefficient (Wildman–Crippen LogP) is 13.2. The maximum Gasteiger partial charge on any atom is 0.472 e. The molecule has 0 aliphatic carbocycles. The lowest BCUT2D eigenvalue weighted by atomic mass is 10.0. The zero-order valence-corrected chi connectivity index (χ0v) is 38.9. The van der Waals surface area contributed by atoms with Crippen molar-refractivity contribution < 1.29 is 32.9 Å². The molecular weight excluding hydrogens is 744 g/mol. The first-order chi connectivity index (χ1) is 28.0. The zero-order valence-electron chi connectivity index (χ0n) is 38.0. The second kappa shape index (κ2) is 40.4. The van der Waals surface area contributed by atoms with Crippen molar-refractivity contribution in [1.29, 1.82) is 0 Å². The first-order valence-electron chi connectivity index (χ1n) is 23.3. The number of quaternary nitrogens is 1. The van der Waals surface area contributed by atoms with Gasteiger partial charge < -0.3 is 19.8 Å². The summed E-state index contributed by atoms with van der Waals surface area (Å²) in [6, 6.07) is -0.771. The van der Waals surface area contributed by atoms with Crippen LogP contribution < -0.4 is 5.32 Å². The second-order valence-corrected chi connectivity index (χ2v) is 18.2. The van der Waals surface area contributed by atoms with Crippen LogP contribution in [0.5, 0.6) is 0 Å². The van der Waals surface area contributed by atoms with E-state index in [4.69, 9.17) is 9.05 Å². The number of allylic oxidation sites excluding steroid dienone is 12. The number of hydrogen-bond donors (Lipinski definition) is 3. The monoisotopic (exact) mass is 834 g/mol. The molecule has 0 spiro atoms. The first kappa shape index (κ1) is 55.9. The Kier molecular flexibility index (Phi) is 38.9. The Morgan fingerprint density at radius 2 is 1.03 bits per heavy atom. The van der Waals surface area contributed by atoms with E-state index in [-0.39, 0.29) is 19.1 Å². The van der Waals surface area contributed by atoms with Gasteiger partial charge >= 0.3 is 7.82 Å². The van der Waals surface area contributed by atoms with Crippen LogP contribution in [0.4, 0.5) is 0 Å². The van der Waals surface area contributed by atoms with Crippen LogP contribution in [0.2, 0.25) is 0 Å². The minimum absolute atomic E-state index is 0.0676. The Morgan fingerprint density at radius 1 is 0.603 bits per heavy atom. The van der Waals surface area contributed by atoms with Gasteiger partial charge in [-0.15, -0.1) is 0 Å². The maximum absolute atomic E-state index is 12.9. The van der Waals surface area contributed by atoms with Gasteiger partial charge in [0, 0.05) is 6.42 Å². The number of amides is 1. The van der Waals surface area contributed by atoms with Crippen molar-refractivity contribution in [3.05, 3.63) is 72.9 Å². The second-order valence-electron chi connectivity index (χ2n) is 16.8. The molecule has 0 saturated heterocycles. The molecule has 58 heavy (non-hydrogen) atoms. The van der Waals surface area contributed by atoms with Gasteiger partial charge in [-0.1, -0.05) is 183 Å². The Hall–Kier alpha value is -2.06. The summed E-state index contributed by atoms with van der Waals surface area (Å²) in [4.78, 5) is 23.1. The van der Waals surface area contributed by atoms with E-state index in [9.17, 15) is 19.4 Å². The highest BCUT2D eigenvalue weighted by Gasteiger charge is 2.28. The number of carbonyl (C=O) groups is 1. The van der Waals surface area contributed by atoms with Gasteiger partial charge in [0.25, 0.3) is 0 Å². The van der Waals surface area contributed by atoms with E-state index >= 15 is 0 Å². The zero-order chi connectivity index (χ0) is 42.8. The number of phosphoric acid groups is 1. The van der Waals surface area contributed by atoms with Crippen LogP contribution in [0.25, 0.3) is 0 Å². The molecule has 0 heterocycles. The SMILES string of the molecule is CC/C=C\C/C=C\C/C=C\C/C=C\C/C=C\C/C=C\CCCCCCCCC(=O)NC(COP(=O)(O)OCC[N+](C)(C)C)C(O)CCCCCCCCCCCCC. The number of nitrogens with one attached hydrogen (secondary N) is 1. The number of likely N-dealkylation sites (N-methyl/N-ethyl adjacent to an activating group) is 1. The summed E-state index contributed by atoms with van der Waals surface area (Å²) in [5.41, 5.74) is 0. The van der Waals surface area contributed by atoms with Gasteiger partial charge in [-0.3, -0.25) is 13.8 Å². The molecular formula is C49H90N2O6P+. The smallest absolute Gasteiger partial charge is 0.391 e. The van der Waals surface area contributed by atoms with E-state index in [1.165, 1.54) is 64.2 Å². The molecule has 0 rings (SSSR count). The van der Waals surface area contributed by atoms with Crippen molar-refractivity contribution in [2.45, 2.75) is 193 Å². The number of carbonyl (C=O) groups excluding carboxylic acids is 1. The van der Waals surface area contributed by atoms with Crippen LogP contribution >= 0.6 is 7.82 Å². The molecule has 9 heteroatoms. The summed E-state index contributed by atoms with van der Waals surface area (Å²) in [6.45, 7) is 4.73. The van der Waals surface area contributed by atoms with Crippen molar-refractivity contribution in [1.82, 2.24) is 5.32 Å². The summed E-state index contributed by atoms with van der Waals surface area (Å²) in [6.07, 6.45) is 53.6. The Morgan fingerprint density at radius 3 is 1.52 bits per heavy atom. The molecule has 0 aromatic heterocycles. The van der Waals surface area contributed by atoms with Gasteiger partial charge in [0.15, 0.2) is 0 Å². The van der Waals surface area contributed by atoms with Crippen LogP contribution in [-0.4, -0.2) is 73.4 Å². The Bertz CT molecular complexity index is 1170. The number of nitrogens with zero attached hydrogens (tertiary/aromatic N) is 1. The topological polar surface area (TPSA) is 105 Å². The van der Waals surface area contributed by atoms with Crippen molar-refractivity contribution >= 4 is 13.7 Å². The summed E-state index contributed by atoms with van der Waals surface area (Å²) >= 11 is 0. The van der Waals surface area contributed by atoms with E-state index in [2.05, 4.69) is 92.1 Å². The molecule has 3 unspecified atom stereocenters. The fraction of sp³-hybridized carbons (Fsp3) is 0.735. The van der Waals surface area contributed by atoms with E-state index in [1.807, 2.05) is 21.1 Å². The highest BCUT2D eigenvalue weighted by atomic mass is 31.2. The predicted molar refractivity (Wildman–Crippen MR) is 249 cm³/mol. The molecule has 0 saturated carbocycles. The minimum Gasteiger partial charge on any atom is -0.391 e. The third-order valence-electron chi connectivity index (χ3n) is 9.97. The molecule has 0 aromatic carbocycles. The van der Waals surface area contributed by atoms with Crippen LogP contribution in [0.1, 0.15) is 181 Å². The fourth-order valence-electron chi connectivity index (χ4n) is 6.28. The van der Waals surface area contributed by atoms with Gasteiger partial charge in [-0.2, -0.15) is 0 Å². The number of aliphatic hydroxyl groups excluding tert-OH is 1. The summed E-state index contributed by atoms with van der Waals surface area (Å²) < 4.78 is 23.6. The summed E-state index contributed by atoms with van der Waals surface area (Å²) in [5.74, 6) is -0.164. The molecule has 0 aliphatic rings. The summed E-state index contributed by atoms with van der Waals surface area (Å²) in [5, 5.41) is 13.9. The molecule has 3 N–H and O–H groups in total. The Labute approximate surface area is 357 Å². The van der Waals surface area contributed by atoms with E-state index in [0.29, 0.717) is 23.9 Å². The average Bonchev–Trinajstić information content (AvgIpc) is 3.17. The van der Waals surface area contributed by atoms with Gasteiger partial charge in [-0.25, -0.2) is 4.57 Å². The largest absolute Gasteiger partial charge is 0.472 e. The fourth-order valence-corrected chi connectivity index (χ4v) is 7.02. The highest BCUT2D eigenvalue weighted by molar-refractivity contribution is 7.47. The van der Waals surface area contributed by atoms with Crippen molar-refractivity contribution in [2.24, 2.45) is 0 Å². The number of phosphoric ester groups is 1. The van der Waals surface area contributed by atoms with E-state index in [1.54, 1.807) is 0 Å². The van der Waals surface area contributed by atoms with Gasteiger partial charge in [0.05, 0.1) is 39.9 Å². The Balaban J connectivity index is 4.30. The van der Waals surface area contributed by atoms with Crippen LogP contribution in [0, 0.1) is 0 Å². The molecule has 0 fully saturated rings. The maximum atomic E-state index is 12.9. The molecule has 8 nitrogen and oxygen atoms in total. The quantitative estimate of drug-likeness (QED) is 0.0245. The normalized spacial score (nSPS) is 14.9. The molecule has 0 aliphatic heterocycles. The van der Waals surface area contributed by atoms with Crippen molar-refractivity contribution in [3.63, 3.8) is 0 Å². The van der Waals surface area contributed by atoms with Crippen molar-refractivity contribution in [2.75, 3.05) is 40.9 Å². The van der Waals surface area contributed by atoms with Crippen LogP contribution in [0.3, 0.4) is 0 Å². The molecule has 0 bridgehead atoms. The van der Waals surface area contributed by atoms with E-state index in [0.717, 1.165) is 89.9 Å². The third-order valence-corrected chi connectivity index (χ3v) is 11.0. The highest BCUT2D eigenvalue weighted by Crippen LogP contribution is 2.43. The summed E-state index contributed by atoms with van der Waals surface area (Å²) in [7, 11) is 1.59. The first-order valence-corrected chi connectivity index (χ1v) is 24.8. The van der Waals surface area contributed by atoms with Gasteiger partial charge in [-0.05, 0) is 64.2 Å². The molecule has 0 aromatic rings. The number of unbranched alkanes of at least 4 members (excludes halogenated alkanes) is 16. The number of rotatable bonds is 41. The lowest BCUT2D eigenvalue weighted by Crippen LogP contribution is -2.46. The molecule has 3 atom stereocenters. The molecule has 0 radical (unpaired) electrons. The lowest BCUT2D eigenvalue weighted by Gasteiger charge is -2.26. The average molecular weight is 834 g/mol. The number of hydrogen-bond acceptors (Lipinski definition) is 5. The molecule has 1 amide bonds. The standard InChI is InChI=1S/C49H89N2O6P/c1-6-8-10-12-14-16-18-19-20-21-22-23-24-25-26-27-28-29-30-31-33-35-37-39-41-43-49(53)50-47(46-57-58(54,55)56-45-44-51(3,4)5)48(52)42-40-38-36-34-32-17-15-13-11-9-7-2/h8,10,14,16,19-20,22-23,25-26,28-29,47-48,52H,6-7,9,11-13,15,17-18,21,24,27,30-46H2,1-5H3,(H-,50,53,54,55)/p+1/b10-8-,16-14-,20-19-,23-22-,26-25-,29-28-.